The van der Waals surface area contributed by atoms with Crippen molar-refractivity contribution < 1.29 is 22.7 Å². The third kappa shape index (κ3) is 4.16. The van der Waals surface area contributed by atoms with Gasteiger partial charge in [0, 0.05) is 5.56 Å². The Balaban J connectivity index is 2.04. The molecule has 28 heavy (non-hydrogen) atoms. The van der Waals surface area contributed by atoms with Gasteiger partial charge in [-0.15, -0.1) is 0 Å². The third-order valence-corrected chi connectivity index (χ3v) is 5.68. The van der Waals surface area contributed by atoms with E-state index in [1.165, 1.54) is 44.4 Å². The Hall–Kier alpha value is -2.90. The Bertz CT molecular complexity index is 1080. The summed E-state index contributed by atoms with van der Waals surface area (Å²) in [5.41, 5.74) is 1.78. The highest BCUT2D eigenvalue weighted by molar-refractivity contribution is 7.92. The molecule has 0 radical (unpaired) electrons. The van der Waals surface area contributed by atoms with Crippen LogP contribution in [-0.4, -0.2) is 20.6 Å². The van der Waals surface area contributed by atoms with Crippen molar-refractivity contribution in [1.29, 1.82) is 0 Å². The van der Waals surface area contributed by atoms with E-state index >= 15 is 0 Å². The van der Waals surface area contributed by atoms with Crippen LogP contribution in [0, 0.1) is 5.82 Å². The van der Waals surface area contributed by atoms with Crippen LogP contribution in [0.3, 0.4) is 0 Å². The first kappa shape index (κ1) is 19.9. The number of halogens is 1. The van der Waals surface area contributed by atoms with Crippen molar-refractivity contribution in [3.8, 4) is 16.9 Å². The van der Waals surface area contributed by atoms with E-state index in [9.17, 15) is 17.9 Å². The molecular weight excluding hydrogens is 381 g/mol. The van der Waals surface area contributed by atoms with Crippen molar-refractivity contribution in [3.05, 3.63) is 78.1 Å². The number of sulfonamides is 1. The number of anilines is 1. The molecule has 146 valence electrons. The number of aliphatic hydroxyl groups excluding tert-OH is 1. The number of hydrogen-bond acceptors (Lipinski definition) is 4. The topological polar surface area (TPSA) is 75.6 Å². The molecule has 0 heterocycles. The number of methoxy groups -OCH3 is 1. The molecule has 3 aromatic carbocycles. The number of rotatable bonds is 6. The van der Waals surface area contributed by atoms with Gasteiger partial charge in [-0.05, 0) is 60.5 Å². The van der Waals surface area contributed by atoms with Gasteiger partial charge >= 0.3 is 0 Å². The normalized spacial score (nSPS) is 12.4. The van der Waals surface area contributed by atoms with Gasteiger partial charge in [0.2, 0.25) is 0 Å². The number of aliphatic hydroxyl groups is 1. The van der Waals surface area contributed by atoms with Crippen LogP contribution >= 0.6 is 0 Å². The van der Waals surface area contributed by atoms with Crippen molar-refractivity contribution in [2.45, 2.75) is 17.9 Å². The minimum atomic E-state index is -3.85. The summed E-state index contributed by atoms with van der Waals surface area (Å²) in [6.07, 6.45) is -0.919. The van der Waals surface area contributed by atoms with Crippen LogP contribution in [0.15, 0.2) is 71.6 Å². The highest BCUT2D eigenvalue weighted by Gasteiger charge is 2.19. The van der Waals surface area contributed by atoms with Crippen LogP contribution < -0.4 is 9.46 Å². The smallest absolute Gasteiger partial charge is 0.261 e. The highest BCUT2D eigenvalue weighted by atomic mass is 32.2. The zero-order valence-electron chi connectivity index (χ0n) is 15.4. The Morgan fingerprint density at radius 3 is 2.32 bits per heavy atom. The molecule has 7 heteroatoms. The fourth-order valence-corrected chi connectivity index (χ4v) is 3.97. The standard InChI is InChI=1S/C21H20FNO4S/c1-14(24)20-13-15(22)7-12-18(20)19-5-3-4-6-21(19)23-28(25,26)17-10-8-16(27-2)9-11-17/h3-14,23-24H,1-2H3. The quantitative estimate of drug-likeness (QED) is 0.644. The molecule has 0 saturated carbocycles. The lowest BCUT2D eigenvalue weighted by atomic mass is 9.95. The van der Waals surface area contributed by atoms with Gasteiger partial charge in [0.25, 0.3) is 10.0 Å². The van der Waals surface area contributed by atoms with E-state index in [1.807, 2.05) is 0 Å². The van der Waals surface area contributed by atoms with Crippen LogP contribution in [0.1, 0.15) is 18.6 Å². The number of para-hydroxylation sites is 1. The Morgan fingerprint density at radius 2 is 1.68 bits per heavy atom. The number of benzene rings is 3. The molecule has 0 aliphatic carbocycles. The van der Waals surface area contributed by atoms with E-state index in [4.69, 9.17) is 4.74 Å². The molecule has 2 N–H and O–H groups in total. The predicted molar refractivity (Wildman–Crippen MR) is 106 cm³/mol. The van der Waals surface area contributed by atoms with Crippen LogP contribution in [0.4, 0.5) is 10.1 Å². The van der Waals surface area contributed by atoms with Gasteiger partial charge in [-0.3, -0.25) is 4.72 Å². The predicted octanol–water partition coefficient (Wildman–Crippen LogP) is 4.36. The van der Waals surface area contributed by atoms with Crippen LogP contribution in [0.25, 0.3) is 11.1 Å². The summed E-state index contributed by atoms with van der Waals surface area (Å²) in [6, 6.07) is 16.8. The summed E-state index contributed by atoms with van der Waals surface area (Å²) in [4.78, 5) is 0.0814. The van der Waals surface area contributed by atoms with Crippen molar-refractivity contribution in [3.63, 3.8) is 0 Å². The van der Waals surface area contributed by atoms with E-state index in [2.05, 4.69) is 4.72 Å². The van der Waals surface area contributed by atoms with Crippen molar-refractivity contribution in [1.82, 2.24) is 0 Å². The molecule has 1 unspecified atom stereocenters. The van der Waals surface area contributed by atoms with Crippen molar-refractivity contribution >= 4 is 15.7 Å². The lowest BCUT2D eigenvalue weighted by molar-refractivity contribution is 0.199. The molecule has 0 amide bonds. The van der Waals surface area contributed by atoms with Gasteiger partial charge in [-0.1, -0.05) is 24.3 Å². The monoisotopic (exact) mass is 401 g/mol. The van der Waals surface area contributed by atoms with Crippen molar-refractivity contribution in [2.75, 3.05) is 11.8 Å². The Morgan fingerprint density at radius 1 is 1.00 bits per heavy atom. The minimum absolute atomic E-state index is 0.0814. The van der Waals surface area contributed by atoms with E-state index in [-0.39, 0.29) is 4.90 Å². The van der Waals surface area contributed by atoms with Crippen LogP contribution in [0.2, 0.25) is 0 Å². The summed E-state index contributed by atoms with van der Waals surface area (Å²) in [5.74, 6) is 0.0724. The maximum absolute atomic E-state index is 13.6. The lowest BCUT2D eigenvalue weighted by Gasteiger charge is -2.17. The molecule has 3 rings (SSSR count). The van der Waals surface area contributed by atoms with Crippen LogP contribution in [-0.2, 0) is 10.0 Å². The fraction of sp³-hybridized carbons (Fsp3) is 0.143. The SMILES string of the molecule is COc1ccc(S(=O)(=O)Nc2ccccc2-c2ccc(F)cc2C(C)O)cc1. The zero-order chi connectivity index (χ0) is 20.3. The molecule has 1 atom stereocenters. The molecule has 0 aliphatic heterocycles. The largest absolute Gasteiger partial charge is 0.497 e. The average molecular weight is 401 g/mol. The molecule has 0 fully saturated rings. The molecule has 0 aliphatic rings. The van der Waals surface area contributed by atoms with E-state index < -0.39 is 21.9 Å². The number of hydrogen-bond donors (Lipinski definition) is 2. The van der Waals surface area contributed by atoms with Gasteiger partial charge < -0.3 is 9.84 Å². The first-order valence-electron chi connectivity index (χ1n) is 8.55. The fourth-order valence-electron chi connectivity index (χ4n) is 2.89. The second-order valence-electron chi connectivity index (χ2n) is 6.23. The second kappa shape index (κ2) is 8.00. The molecule has 0 aromatic heterocycles. The lowest BCUT2D eigenvalue weighted by Crippen LogP contribution is -2.13. The van der Waals surface area contributed by atoms with Gasteiger partial charge in [0.1, 0.15) is 11.6 Å². The second-order valence-corrected chi connectivity index (χ2v) is 7.92. The number of nitrogens with one attached hydrogen (secondary N) is 1. The van der Waals surface area contributed by atoms with E-state index in [0.717, 1.165) is 0 Å². The summed E-state index contributed by atoms with van der Waals surface area (Å²) in [7, 11) is -2.35. The maximum atomic E-state index is 13.6. The van der Waals surface area contributed by atoms with Crippen LogP contribution in [0.5, 0.6) is 5.75 Å². The first-order valence-corrected chi connectivity index (χ1v) is 10.0. The van der Waals surface area contributed by atoms with E-state index in [0.29, 0.717) is 28.1 Å². The molecule has 0 spiro atoms. The van der Waals surface area contributed by atoms with Gasteiger partial charge in [0.05, 0.1) is 23.8 Å². The molecule has 3 aromatic rings. The van der Waals surface area contributed by atoms with Crippen molar-refractivity contribution in [2.24, 2.45) is 0 Å². The summed E-state index contributed by atoms with van der Waals surface area (Å²) in [6.45, 7) is 1.53. The third-order valence-electron chi connectivity index (χ3n) is 4.29. The van der Waals surface area contributed by atoms with E-state index in [1.54, 1.807) is 36.4 Å². The molecular formula is C21H20FNO4S. The highest BCUT2D eigenvalue weighted by Crippen LogP contribution is 2.35. The summed E-state index contributed by atoms with van der Waals surface area (Å²) in [5, 5.41) is 10.0. The molecule has 0 bridgehead atoms. The summed E-state index contributed by atoms with van der Waals surface area (Å²) >= 11 is 0. The first-order chi connectivity index (χ1) is 13.3. The molecule has 0 saturated heterocycles. The zero-order valence-corrected chi connectivity index (χ0v) is 16.2. The van der Waals surface area contributed by atoms with Gasteiger partial charge in [-0.25, -0.2) is 12.8 Å². The number of ether oxygens (including phenoxy) is 1. The summed E-state index contributed by atoms with van der Waals surface area (Å²) < 4.78 is 46.9. The van der Waals surface area contributed by atoms with Gasteiger partial charge in [-0.2, -0.15) is 0 Å². The average Bonchev–Trinajstić information content (AvgIpc) is 2.68. The molecule has 5 nitrogen and oxygen atoms in total. The van der Waals surface area contributed by atoms with Gasteiger partial charge in [0.15, 0.2) is 0 Å². The maximum Gasteiger partial charge on any atom is 0.261 e. The Labute approximate surface area is 163 Å². The Kier molecular flexibility index (Phi) is 5.67. The minimum Gasteiger partial charge on any atom is -0.497 e.